The van der Waals surface area contributed by atoms with Gasteiger partial charge in [0.25, 0.3) is 5.91 Å². The highest BCUT2D eigenvalue weighted by Gasteiger charge is 2.26. The highest BCUT2D eigenvalue weighted by atomic mass is 32.1. The van der Waals surface area contributed by atoms with E-state index in [4.69, 9.17) is 9.15 Å². The van der Waals surface area contributed by atoms with Crippen LogP contribution >= 0.6 is 11.3 Å². The van der Waals surface area contributed by atoms with Gasteiger partial charge < -0.3 is 19.8 Å². The highest BCUT2D eigenvalue weighted by Crippen LogP contribution is 2.38. The Balaban J connectivity index is 1.53. The Morgan fingerprint density at radius 3 is 2.82 bits per heavy atom. The van der Waals surface area contributed by atoms with Crippen LogP contribution in [0.25, 0.3) is 11.0 Å². The van der Waals surface area contributed by atoms with Gasteiger partial charge in [-0.2, -0.15) is 0 Å². The van der Waals surface area contributed by atoms with Gasteiger partial charge in [0, 0.05) is 36.1 Å². The lowest BCUT2D eigenvalue weighted by Gasteiger charge is -2.13. The van der Waals surface area contributed by atoms with Gasteiger partial charge in [-0.15, -0.1) is 11.3 Å². The number of aryl methyl sites for hydroxylation is 1. The molecule has 2 amide bonds. The van der Waals surface area contributed by atoms with Crippen molar-refractivity contribution >= 4 is 39.1 Å². The van der Waals surface area contributed by atoms with Gasteiger partial charge in [0.05, 0.1) is 18.2 Å². The second-order valence-corrected chi connectivity index (χ2v) is 10.0. The van der Waals surface area contributed by atoms with Gasteiger partial charge in [0.1, 0.15) is 10.6 Å². The average molecular weight is 469 g/mol. The predicted octanol–water partition coefficient (Wildman–Crippen LogP) is 5.44. The first-order valence-electron chi connectivity index (χ1n) is 11.7. The molecule has 7 heteroatoms. The summed E-state index contributed by atoms with van der Waals surface area (Å²) in [5.41, 5.74) is 4.59. The van der Waals surface area contributed by atoms with E-state index in [-0.39, 0.29) is 18.2 Å². The minimum absolute atomic E-state index is 0.115. The summed E-state index contributed by atoms with van der Waals surface area (Å²) in [4.78, 5) is 27.3. The number of methoxy groups -OCH3 is 1. The molecule has 6 nitrogen and oxygen atoms in total. The maximum atomic E-state index is 13.0. The molecule has 2 aromatic heterocycles. The smallest absolute Gasteiger partial charge is 0.254 e. The molecule has 1 aliphatic rings. The van der Waals surface area contributed by atoms with Gasteiger partial charge in [-0.25, -0.2) is 0 Å². The Morgan fingerprint density at radius 1 is 1.21 bits per heavy atom. The number of hydrogen-bond donors (Lipinski definition) is 2. The summed E-state index contributed by atoms with van der Waals surface area (Å²) in [6.45, 7) is 5.44. The molecule has 0 bridgehead atoms. The van der Waals surface area contributed by atoms with Crippen LogP contribution in [0.4, 0.5) is 5.00 Å². The molecule has 176 valence electrons. The zero-order chi connectivity index (χ0) is 23.4. The van der Waals surface area contributed by atoms with Crippen molar-refractivity contribution in [1.29, 1.82) is 0 Å². The molecule has 0 unspecified atom stereocenters. The van der Waals surface area contributed by atoms with Gasteiger partial charge in [0.15, 0.2) is 0 Å². The van der Waals surface area contributed by atoms with Crippen LogP contribution in [0.15, 0.2) is 28.9 Å². The Bertz CT molecular complexity index is 1140. The molecular formula is C26H32N2O4S. The van der Waals surface area contributed by atoms with E-state index >= 15 is 0 Å². The molecule has 3 aromatic rings. The fourth-order valence-electron chi connectivity index (χ4n) is 4.34. The predicted molar refractivity (Wildman–Crippen MR) is 132 cm³/mol. The van der Waals surface area contributed by atoms with Crippen LogP contribution in [0.2, 0.25) is 0 Å². The number of hydrogen-bond acceptors (Lipinski definition) is 5. The Kier molecular flexibility index (Phi) is 7.50. The first kappa shape index (κ1) is 23.5. The fraction of sp³-hybridized carbons (Fsp3) is 0.462. The van der Waals surface area contributed by atoms with Crippen molar-refractivity contribution in [3.63, 3.8) is 0 Å². The van der Waals surface area contributed by atoms with E-state index in [1.807, 2.05) is 6.07 Å². The second kappa shape index (κ2) is 10.5. The first-order chi connectivity index (χ1) is 16.0. The van der Waals surface area contributed by atoms with E-state index in [1.54, 1.807) is 24.7 Å². The summed E-state index contributed by atoms with van der Waals surface area (Å²) in [5, 5.41) is 7.66. The lowest BCUT2D eigenvalue weighted by atomic mass is 9.95. The van der Waals surface area contributed by atoms with Crippen molar-refractivity contribution in [2.24, 2.45) is 0 Å². The van der Waals surface area contributed by atoms with Gasteiger partial charge in [-0.3, -0.25) is 9.59 Å². The number of thiophene rings is 1. The summed E-state index contributed by atoms with van der Waals surface area (Å²) in [6.07, 6.45) is 6.65. The van der Waals surface area contributed by atoms with Crippen LogP contribution in [0.1, 0.15) is 71.0 Å². The molecule has 2 N–H and O–H groups in total. The van der Waals surface area contributed by atoms with Crippen LogP contribution in [-0.4, -0.2) is 32.1 Å². The topological polar surface area (TPSA) is 80.6 Å². The van der Waals surface area contributed by atoms with E-state index in [9.17, 15) is 9.59 Å². The molecule has 2 heterocycles. The van der Waals surface area contributed by atoms with Gasteiger partial charge in [-0.1, -0.05) is 19.9 Å². The van der Waals surface area contributed by atoms with Crippen molar-refractivity contribution < 1.29 is 18.7 Å². The van der Waals surface area contributed by atoms with Crippen LogP contribution in [-0.2, 0) is 28.8 Å². The molecule has 0 saturated carbocycles. The monoisotopic (exact) mass is 468 g/mol. The van der Waals surface area contributed by atoms with E-state index in [0.717, 1.165) is 54.2 Å². The summed E-state index contributed by atoms with van der Waals surface area (Å²) in [5.74, 6) is 0.143. The number of amides is 2. The maximum Gasteiger partial charge on any atom is 0.254 e. The van der Waals surface area contributed by atoms with E-state index in [0.29, 0.717) is 29.6 Å². The van der Waals surface area contributed by atoms with E-state index < -0.39 is 0 Å². The third-order valence-corrected chi connectivity index (χ3v) is 7.36. The number of anilines is 1. The number of ether oxygens (including phenoxy) is 1. The van der Waals surface area contributed by atoms with E-state index in [1.165, 1.54) is 10.4 Å². The molecule has 1 aromatic carbocycles. The van der Waals surface area contributed by atoms with Crippen molar-refractivity contribution in [1.82, 2.24) is 5.32 Å². The molecule has 33 heavy (non-hydrogen) atoms. The molecule has 1 aliphatic carbocycles. The second-order valence-electron chi connectivity index (χ2n) is 8.91. The summed E-state index contributed by atoms with van der Waals surface area (Å²) in [6, 6.07) is 6.13. The maximum absolute atomic E-state index is 13.0. The number of carbonyl (C=O) groups is 2. The SMILES string of the molecule is COCCCNC(=O)c1c(NC(=O)Cc2coc3ccc(C(C)C)cc23)sc2c1CCCC2. The Morgan fingerprint density at radius 2 is 2.03 bits per heavy atom. The largest absolute Gasteiger partial charge is 0.464 e. The average Bonchev–Trinajstić information content (AvgIpc) is 3.36. The summed E-state index contributed by atoms with van der Waals surface area (Å²) in [7, 11) is 1.65. The summed E-state index contributed by atoms with van der Waals surface area (Å²) >= 11 is 1.54. The third-order valence-electron chi connectivity index (χ3n) is 6.16. The minimum Gasteiger partial charge on any atom is -0.464 e. The minimum atomic E-state index is -0.139. The van der Waals surface area contributed by atoms with Crippen molar-refractivity contribution in [3.05, 3.63) is 51.6 Å². The number of carbonyl (C=O) groups excluding carboxylic acids is 2. The van der Waals surface area contributed by atoms with Crippen molar-refractivity contribution in [2.75, 3.05) is 25.6 Å². The normalized spacial score (nSPS) is 13.3. The number of nitrogens with one attached hydrogen (secondary N) is 2. The van der Waals surface area contributed by atoms with Crippen LogP contribution < -0.4 is 10.6 Å². The zero-order valence-electron chi connectivity index (χ0n) is 19.6. The molecule has 0 aliphatic heterocycles. The molecule has 0 fully saturated rings. The number of furan rings is 1. The number of benzene rings is 1. The summed E-state index contributed by atoms with van der Waals surface area (Å²) < 4.78 is 10.7. The molecule has 0 radical (unpaired) electrons. The van der Waals surface area contributed by atoms with Gasteiger partial charge >= 0.3 is 0 Å². The molecular weight excluding hydrogens is 436 g/mol. The van der Waals surface area contributed by atoms with Crippen LogP contribution in [0, 0.1) is 0 Å². The quantitative estimate of drug-likeness (QED) is 0.410. The molecule has 4 rings (SSSR count). The number of rotatable bonds is 9. The van der Waals surface area contributed by atoms with Crippen molar-refractivity contribution in [3.8, 4) is 0 Å². The van der Waals surface area contributed by atoms with E-state index in [2.05, 4.69) is 36.6 Å². The van der Waals surface area contributed by atoms with Crippen molar-refractivity contribution in [2.45, 2.75) is 58.3 Å². The highest BCUT2D eigenvalue weighted by molar-refractivity contribution is 7.17. The van der Waals surface area contributed by atoms with Gasteiger partial charge in [0.2, 0.25) is 5.91 Å². The first-order valence-corrected chi connectivity index (χ1v) is 12.5. The lowest BCUT2D eigenvalue weighted by Crippen LogP contribution is -2.27. The molecule has 0 atom stereocenters. The zero-order valence-corrected chi connectivity index (χ0v) is 20.4. The number of fused-ring (bicyclic) bond motifs is 2. The Hall–Kier alpha value is -2.64. The third kappa shape index (κ3) is 5.31. The van der Waals surface area contributed by atoms with Gasteiger partial charge in [-0.05, 0) is 61.3 Å². The standard InChI is InChI=1S/C26H32N2O4S/c1-16(2)17-9-10-21-20(13-17)18(15-32-21)14-23(29)28-26-24(25(30)27-11-6-12-31-3)19-7-4-5-8-22(19)33-26/h9-10,13,15-16H,4-8,11-12,14H2,1-3H3,(H,27,30)(H,28,29). The Labute approximate surface area is 198 Å². The fourth-order valence-corrected chi connectivity index (χ4v) is 5.64. The van der Waals surface area contributed by atoms with Crippen LogP contribution in [0.5, 0.6) is 0 Å². The lowest BCUT2D eigenvalue weighted by molar-refractivity contribution is -0.115. The molecule has 0 spiro atoms. The van der Waals surface area contributed by atoms with Crippen LogP contribution in [0.3, 0.4) is 0 Å². The molecule has 0 saturated heterocycles.